The topological polar surface area (TPSA) is 38.3 Å². The Bertz CT molecular complexity index is 346. The smallest absolute Gasteiger partial charge is 0.223 e. The number of carbonyl (C=O) groups excluding carboxylic acids is 1. The highest BCUT2D eigenvalue weighted by Crippen LogP contribution is 2.16. The number of hydrogen-bond acceptors (Lipinski definition) is 2. The molecule has 3 heteroatoms. The number of hydrogen-bond donors (Lipinski definition) is 1. The molecule has 0 saturated heterocycles. The second-order valence-corrected chi connectivity index (χ2v) is 8.96. The van der Waals surface area contributed by atoms with Gasteiger partial charge in [0.15, 0.2) is 0 Å². The van der Waals surface area contributed by atoms with Gasteiger partial charge in [0.1, 0.15) is 0 Å². The normalized spacial score (nSPS) is 12.2. The third kappa shape index (κ3) is 20.7. The van der Waals surface area contributed by atoms with E-state index in [1.54, 1.807) is 0 Å². The Labute approximate surface area is 189 Å². The summed E-state index contributed by atoms with van der Waals surface area (Å²) in [4.78, 5) is 12.1. The van der Waals surface area contributed by atoms with Gasteiger partial charge in [-0.3, -0.25) is 4.79 Å². The summed E-state index contributed by atoms with van der Waals surface area (Å²) < 4.78 is 5.79. The Kier molecular flexibility index (Phi) is 24.2. The van der Waals surface area contributed by atoms with E-state index in [9.17, 15) is 4.79 Å². The fourth-order valence-corrected chi connectivity index (χ4v) is 3.99. The molecule has 1 unspecified atom stereocenters. The Morgan fingerprint density at radius 2 is 1.17 bits per heavy atom. The summed E-state index contributed by atoms with van der Waals surface area (Å²) in [5.74, 6) is 0.366. The molecule has 1 radical (unpaired) electrons. The van der Waals surface area contributed by atoms with Crippen LogP contribution in [0.4, 0.5) is 0 Å². The van der Waals surface area contributed by atoms with E-state index in [4.69, 9.17) is 4.74 Å². The van der Waals surface area contributed by atoms with Crippen molar-refractivity contribution in [3.8, 4) is 0 Å². The molecule has 0 saturated carbocycles. The maximum atomic E-state index is 12.1. The van der Waals surface area contributed by atoms with Crippen molar-refractivity contribution in [3.05, 3.63) is 6.54 Å². The average Bonchev–Trinajstić information content (AvgIpc) is 2.75. The van der Waals surface area contributed by atoms with Crippen molar-refractivity contribution in [2.75, 3.05) is 13.2 Å². The molecule has 1 amide bonds. The summed E-state index contributed by atoms with van der Waals surface area (Å²) in [6.45, 7) is 10.1. The number of carbonyl (C=O) groups is 1. The predicted molar refractivity (Wildman–Crippen MR) is 131 cm³/mol. The van der Waals surface area contributed by atoms with Crippen molar-refractivity contribution >= 4 is 5.91 Å². The zero-order valence-electron chi connectivity index (χ0n) is 20.8. The van der Waals surface area contributed by atoms with Gasteiger partial charge in [-0.2, -0.15) is 0 Å². The number of amides is 1. The quantitative estimate of drug-likeness (QED) is 0.158. The van der Waals surface area contributed by atoms with Gasteiger partial charge in [0.2, 0.25) is 5.91 Å². The minimum absolute atomic E-state index is 0.166. The van der Waals surface area contributed by atoms with Gasteiger partial charge in [-0.25, -0.2) is 0 Å². The largest absolute Gasteiger partial charge is 0.381 e. The first-order chi connectivity index (χ1) is 14.8. The third-order valence-corrected chi connectivity index (χ3v) is 5.94. The Morgan fingerprint density at radius 3 is 1.67 bits per heavy atom. The second-order valence-electron chi connectivity index (χ2n) is 8.96. The SMILES string of the molecule is CC[CH]NC(=O)C(CCC)CCCCOCCCCCCCCCCCCCCC. The van der Waals surface area contributed by atoms with Crippen molar-refractivity contribution in [1.82, 2.24) is 5.32 Å². The molecule has 0 aromatic carbocycles. The molecule has 0 bridgehead atoms. The fraction of sp³-hybridized carbons (Fsp3) is 0.926. The number of unbranched alkanes of at least 4 members (excludes halogenated alkanes) is 13. The molecule has 0 rings (SSSR count). The highest BCUT2D eigenvalue weighted by atomic mass is 16.5. The summed E-state index contributed by atoms with van der Waals surface area (Å²) in [7, 11) is 0. The summed E-state index contributed by atoms with van der Waals surface area (Å²) in [5.41, 5.74) is 0. The number of ether oxygens (including phenoxy) is 1. The van der Waals surface area contributed by atoms with Crippen molar-refractivity contribution in [2.45, 2.75) is 143 Å². The zero-order valence-corrected chi connectivity index (χ0v) is 20.8. The molecular weight excluding hydrogens is 370 g/mol. The zero-order chi connectivity index (χ0) is 22.1. The minimum Gasteiger partial charge on any atom is -0.381 e. The van der Waals surface area contributed by atoms with Crippen LogP contribution < -0.4 is 5.32 Å². The molecule has 179 valence electrons. The molecule has 3 nitrogen and oxygen atoms in total. The van der Waals surface area contributed by atoms with Gasteiger partial charge in [-0.1, -0.05) is 111 Å². The number of rotatable bonds is 24. The molecule has 0 heterocycles. The predicted octanol–water partition coefficient (Wildman–Crippen LogP) is 8.37. The first-order valence-corrected chi connectivity index (χ1v) is 13.5. The van der Waals surface area contributed by atoms with Crippen LogP contribution in [-0.2, 0) is 9.53 Å². The molecule has 0 fully saturated rings. The van der Waals surface area contributed by atoms with E-state index < -0.39 is 0 Å². The van der Waals surface area contributed by atoms with Crippen LogP contribution in [-0.4, -0.2) is 19.1 Å². The van der Waals surface area contributed by atoms with E-state index in [1.165, 1.54) is 83.5 Å². The van der Waals surface area contributed by atoms with Gasteiger partial charge in [-0.05, 0) is 32.1 Å². The van der Waals surface area contributed by atoms with Crippen LogP contribution in [0.15, 0.2) is 0 Å². The van der Waals surface area contributed by atoms with Gasteiger partial charge in [-0.15, -0.1) is 0 Å². The Balaban J connectivity index is 3.32. The van der Waals surface area contributed by atoms with Gasteiger partial charge in [0.05, 0.1) is 0 Å². The van der Waals surface area contributed by atoms with Crippen LogP contribution in [0, 0.1) is 12.5 Å². The summed E-state index contributed by atoms with van der Waals surface area (Å²) in [6.07, 6.45) is 24.2. The first-order valence-electron chi connectivity index (χ1n) is 13.5. The van der Waals surface area contributed by atoms with Gasteiger partial charge in [0.25, 0.3) is 0 Å². The molecule has 0 aliphatic rings. The molecule has 0 aromatic heterocycles. The van der Waals surface area contributed by atoms with Crippen molar-refractivity contribution in [2.24, 2.45) is 5.92 Å². The lowest BCUT2D eigenvalue weighted by Gasteiger charge is -2.15. The lowest BCUT2D eigenvalue weighted by Crippen LogP contribution is -2.28. The standard InChI is InChI=1S/C27H54NO2/c1-4-7-8-9-10-11-12-13-14-15-16-17-19-24-30-25-20-18-22-26(21-5-2)27(29)28-23-6-3/h23,26H,4-22,24-25H2,1-3H3,(H,28,29). The monoisotopic (exact) mass is 424 g/mol. The van der Waals surface area contributed by atoms with E-state index in [-0.39, 0.29) is 11.8 Å². The summed E-state index contributed by atoms with van der Waals surface area (Å²) in [6, 6.07) is 0. The van der Waals surface area contributed by atoms with Gasteiger partial charge < -0.3 is 10.1 Å². The van der Waals surface area contributed by atoms with Crippen molar-refractivity contribution in [1.29, 1.82) is 0 Å². The maximum Gasteiger partial charge on any atom is 0.223 e. The first kappa shape index (κ1) is 29.4. The Hall–Kier alpha value is -0.570. The minimum atomic E-state index is 0.166. The molecular formula is C27H54NO2. The second kappa shape index (κ2) is 24.7. The molecule has 0 spiro atoms. The van der Waals surface area contributed by atoms with Crippen molar-refractivity contribution in [3.63, 3.8) is 0 Å². The van der Waals surface area contributed by atoms with Crippen LogP contribution in [0.1, 0.15) is 143 Å². The van der Waals surface area contributed by atoms with Gasteiger partial charge in [0, 0.05) is 25.7 Å². The fourth-order valence-electron chi connectivity index (χ4n) is 3.99. The van der Waals surface area contributed by atoms with Crippen LogP contribution in [0.25, 0.3) is 0 Å². The van der Waals surface area contributed by atoms with Crippen LogP contribution >= 0.6 is 0 Å². The molecule has 1 atom stereocenters. The molecule has 0 aromatic rings. The van der Waals surface area contributed by atoms with Crippen LogP contribution in [0.3, 0.4) is 0 Å². The maximum absolute atomic E-state index is 12.1. The lowest BCUT2D eigenvalue weighted by molar-refractivity contribution is -0.124. The van der Waals surface area contributed by atoms with E-state index in [0.717, 1.165) is 51.7 Å². The lowest BCUT2D eigenvalue weighted by atomic mass is 9.96. The van der Waals surface area contributed by atoms with E-state index >= 15 is 0 Å². The van der Waals surface area contributed by atoms with Crippen molar-refractivity contribution < 1.29 is 9.53 Å². The highest BCUT2D eigenvalue weighted by Gasteiger charge is 2.16. The number of nitrogens with one attached hydrogen (secondary N) is 1. The van der Waals surface area contributed by atoms with E-state index in [2.05, 4.69) is 19.2 Å². The van der Waals surface area contributed by atoms with Crippen LogP contribution in [0.5, 0.6) is 0 Å². The van der Waals surface area contributed by atoms with Gasteiger partial charge >= 0.3 is 0 Å². The average molecular weight is 425 g/mol. The Morgan fingerprint density at radius 1 is 0.667 bits per heavy atom. The third-order valence-electron chi connectivity index (χ3n) is 5.94. The van der Waals surface area contributed by atoms with E-state index in [0.29, 0.717) is 0 Å². The molecule has 30 heavy (non-hydrogen) atoms. The summed E-state index contributed by atoms with van der Waals surface area (Å²) >= 11 is 0. The molecule has 1 N–H and O–H groups in total. The molecule has 0 aliphatic carbocycles. The highest BCUT2D eigenvalue weighted by molar-refractivity contribution is 5.79. The summed E-state index contributed by atoms with van der Waals surface area (Å²) in [5, 5.41) is 2.93. The van der Waals surface area contributed by atoms with Crippen LogP contribution in [0.2, 0.25) is 0 Å². The molecule has 0 aliphatic heterocycles. The van der Waals surface area contributed by atoms with E-state index in [1.807, 2.05) is 13.5 Å².